The zero-order valence-electron chi connectivity index (χ0n) is 8.63. The fraction of sp³-hybridized carbons (Fsp3) is 0.455. The lowest BCUT2D eigenvalue weighted by Gasteiger charge is -2.07. The van der Waals surface area contributed by atoms with Gasteiger partial charge in [0.2, 0.25) is 0 Å². The van der Waals surface area contributed by atoms with Crippen molar-refractivity contribution >= 4 is 27.7 Å². The van der Waals surface area contributed by atoms with E-state index in [2.05, 4.69) is 22.9 Å². The first-order chi connectivity index (χ1) is 7.27. The quantitative estimate of drug-likeness (QED) is 0.582. The van der Waals surface area contributed by atoms with Gasteiger partial charge in [-0.3, -0.25) is 0 Å². The van der Waals surface area contributed by atoms with Gasteiger partial charge in [0, 0.05) is 11.1 Å². The third-order valence-corrected chi connectivity index (χ3v) is 3.35. The largest absolute Gasteiger partial charge is 0.490 e. The van der Waals surface area contributed by atoms with Crippen molar-refractivity contribution in [3.63, 3.8) is 0 Å². The highest BCUT2D eigenvalue weighted by Gasteiger charge is 2.03. The summed E-state index contributed by atoms with van der Waals surface area (Å²) in [4.78, 5) is 0. The van der Waals surface area contributed by atoms with Gasteiger partial charge in [0.25, 0.3) is 0 Å². The van der Waals surface area contributed by atoms with Crippen molar-refractivity contribution in [2.24, 2.45) is 0 Å². The highest BCUT2D eigenvalue weighted by molar-refractivity contribution is 9.08. The Balaban J connectivity index is 2.47. The van der Waals surface area contributed by atoms with Crippen molar-refractivity contribution in [1.29, 1.82) is 0 Å². The second-order valence-corrected chi connectivity index (χ2v) is 4.90. The Morgan fingerprint density at radius 3 is 2.87 bits per heavy atom. The highest BCUT2D eigenvalue weighted by Crippen LogP contribution is 2.19. The summed E-state index contributed by atoms with van der Waals surface area (Å²) in [5, 5.41) is 0.663. The van der Waals surface area contributed by atoms with Crippen LogP contribution in [-0.2, 0) is 5.33 Å². The lowest BCUT2D eigenvalue weighted by Crippen LogP contribution is -2.02. The molecule has 15 heavy (non-hydrogen) atoms. The molecule has 0 aliphatic heterocycles. The molecule has 0 saturated heterocycles. The molecule has 0 aliphatic carbocycles. The van der Waals surface area contributed by atoms with Crippen molar-refractivity contribution in [2.45, 2.75) is 12.3 Å². The van der Waals surface area contributed by atoms with E-state index in [9.17, 15) is 4.39 Å². The molecule has 0 bridgehead atoms. The first-order valence-electron chi connectivity index (χ1n) is 4.83. The van der Waals surface area contributed by atoms with Gasteiger partial charge in [-0.15, -0.1) is 0 Å². The number of thioether (sulfide) groups is 1. The molecule has 4 heteroatoms. The van der Waals surface area contributed by atoms with Crippen LogP contribution in [0.2, 0.25) is 0 Å². The van der Waals surface area contributed by atoms with E-state index in [1.54, 1.807) is 17.8 Å². The van der Waals surface area contributed by atoms with Crippen molar-refractivity contribution in [3.8, 4) is 5.75 Å². The molecule has 0 heterocycles. The summed E-state index contributed by atoms with van der Waals surface area (Å²) >= 11 is 5.06. The lowest BCUT2D eigenvalue weighted by molar-refractivity contribution is 0.325. The molecule has 0 N–H and O–H groups in total. The number of halogens is 2. The normalized spacial score (nSPS) is 10.3. The van der Waals surface area contributed by atoms with Crippen LogP contribution >= 0.6 is 27.7 Å². The van der Waals surface area contributed by atoms with Gasteiger partial charge in [-0.2, -0.15) is 11.8 Å². The molecular formula is C11H14BrFOS. The van der Waals surface area contributed by atoms with E-state index in [4.69, 9.17) is 4.74 Å². The third-order valence-electron chi connectivity index (χ3n) is 1.84. The summed E-state index contributed by atoms with van der Waals surface area (Å²) in [6.07, 6.45) is 0. The predicted octanol–water partition coefficient (Wildman–Crippen LogP) is 3.85. The lowest BCUT2D eigenvalue weighted by atomic mass is 10.2. The molecule has 0 atom stereocenters. The van der Waals surface area contributed by atoms with Crippen LogP contribution in [0, 0.1) is 5.82 Å². The number of hydrogen-bond donors (Lipinski definition) is 0. The van der Waals surface area contributed by atoms with Gasteiger partial charge in [0.1, 0.15) is 0 Å². The van der Waals surface area contributed by atoms with Crippen LogP contribution in [0.4, 0.5) is 4.39 Å². The van der Waals surface area contributed by atoms with Crippen molar-refractivity contribution < 1.29 is 9.13 Å². The van der Waals surface area contributed by atoms with Gasteiger partial charge in [0.05, 0.1) is 6.61 Å². The van der Waals surface area contributed by atoms with Crippen LogP contribution in [0.15, 0.2) is 18.2 Å². The minimum absolute atomic E-state index is 0.284. The Labute approximate surface area is 103 Å². The molecule has 1 aromatic rings. The standard InChI is InChI=1S/C11H14BrFOS/c1-2-15-6-5-14-11-4-3-9(8-12)7-10(11)13/h3-4,7H,2,5-6,8H2,1H3. The monoisotopic (exact) mass is 292 g/mol. The fourth-order valence-electron chi connectivity index (χ4n) is 1.10. The summed E-state index contributed by atoms with van der Waals surface area (Å²) in [5.41, 5.74) is 0.919. The van der Waals surface area contributed by atoms with E-state index in [0.717, 1.165) is 17.1 Å². The van der Waals surface area contributed by atoms with Crippen molar-refractivity contribution in [3.05, 3.63) is 29.6 Å². The van der Waals surface area contributed by atoms with Gasteiger partial charge >= 0.3 is 0 Å². The summed E-state index contributed by atoms with van der Waals surface area (Å²) < 4.78 is 18.7. The maximum absolute atomic E-state index is 13.4. The van der Waals surface area contributed by atoms with E-state index >= 15 is 0 Å². The number of hydrogen-bond acceptors (Lipinski definition) is 2. The molecule has 1 aromatic carbocycles. The Hall–Kier alpha value is -0.220. The van der Waals surface area contributed by atoms with Crippen molar-refractivity contribution in [2.75, 3.05) is 18.1 Å². The molecule has 1 nitrogen and oxygen atoms in total. The maximum atomic E-state index is 13.4. The Morgan fingerprint density at radius 1 is 1.47 bits per heavy atom. The van der Waals surface area contributed by atoms with Crippen LogP contribution in [0.5, 0.6) is 5.75 Å². The Morgan fingerprint density at radius 2 is 2.27 bits per heavy atom. The van der Waals surface area contributed by atoms with E-state index in [1.807, 2.05) is 6.07 Å². The molecule has 0 saturated carbocycles. The number of ether oxygens (including phenoxy) is 1. The first-order valence-corrected chi connectivity index (χ1v) is 7.10. The number of alkyl halides is 1. The minimum atomic E-state index is -0.284. The molecular weight excluding hydrogens is 279 g/mol. The molecule has 0 aliphatic rings. The van der Waals surface area contributed by atoms with Crippen LogP contribution in [0.25, 0.3) is 0 Å². The molecule has 0 radical (unpaired) electrons. The third kappa shape index (κ3) is 4.43. The molecule has 84 valence electrons. The fourth-order valence-corrected chi connectivity index (χ4v) is 1.94. The van der Waals surface area contributed by atoms with E-state index in [-0.39, 0.29) is 5.82 Å². The van der Waals surface area contributed by atoms with Crippen LogP contribution in [0.3, 0.4) is 0 Å². The van der Waals surface area contributed by atoms with Crippen LogP contribution in [0.1, 0.15) is 12.5 Å². The SMILES string of the molecule is CCSCCOc1ccc(CBr)cc1F. The average molecular weight is 293 g/mol. The minimum Gasteiger partial charge on any atom is -0.490 e. The molecule has 0 amide bonds. The zero-order valence-corrected chi connectivity index (χ0v) is 11.0. The summed E-state index contributed by atoms with van der Waals surface area (Å²) in [7, 11) is 0. The van der Waals surface area contributed by atoms with Gasteiger partial charge in [0.15, 0.2) is 11.6 Å². The van der Waals surface area contributed by atoms with Gasteiger partial charge in [-0.1, -0.05) is 28.9 Å². The molecule has 1 rings (SSSR count). The van der Waals surface area contributed by atoms with Gasteiger partial charge in [-0.05, 0) is 23.4 Å². The number of rotatable bonds is 6. The van der Waals surface area contributed by atoms with Crippen molar-refractivity contribution in [1.82, 2.24) is 0 Å². The summed E-state index contributed by atoms with van der Waals surface area (Å²) in [5.74, 6) is 2.02. The zero-order chi connectivity index (χ0) is 11.1. The Kier molecular flexibility index (Phi) is 6.10. The van der Waals surface area contributed by atoms with Gasteiger partial charge < -0.3 is 4.74 Å². The highest BCUT2D eigenvalue weighted by atomic mass is 79.9. The molecule has 0 fully saturated rings. The average Bonchev–Trinajstić information content (AvgIpc) is 2.26. The first kappa shape index (κ1) is 12.8. The summed E-state index contributed by atoms with van der Waals surface area (Å²) in [6, 6.07) is 5.04. The van der Waals surface area contributed by atoms with E-state index < -0.39 is 0 Å². The topological polar surface area (TPSA) is 9.23 Å². The second kappa shape index (κ2) is 7.12. The summed E-state index contributed by atoms with van der Waals surface area (Å²) in [6.45, 7) is 2.65. The van der Waals surface area contributed by atoms with Gasteiger partial charge in [-0.25, -0.2) is 4.39 Å². The molecule has 0 spiro atoms. The van der Waals surface area contributed by atoms with Crippen LogP contribution < -0.4 is 4.74 Å². The van der Waals surface area contributed by atoms with Crippen LogP contribution in [-0.4, -0.2) is 18.1 Å². The Bertz CT molecular complexity index is 307. The smallest absolute Gasteiger partial charge is 0.165 e. The maximum Gasteiger partial charge on any atom is 0.165 e. The predicted molar refractivity (Wildman–Crippen MR) is 67.5 cm³/mol. The molecule has 0 aromatic heterocycles. The van der Waals surface area contributed by atoms with E-state index in [0.29, 0.717) is 17.7 Å². The molecule has 0 unspecified atom stereocenters. The number of benzene rings is 1. The van der Waals surface area contributed by atoms with E-state index in [1.165, 1.54) is 6.07 Å². The second-order valence-electron chi connectivity index (χ2n) is 2.94.